The molecule has 2 saturated carbocycles. The summed E-state index contributed by atoms with van der Waals surface area (Å²) in [5, 5.41) is 12.5. The second-order valence-corrected chi connectivity index (χ2v) is 4.85. The van der Waals surface area contributed by atoms with Gasteiger partial charge < -0.3 is 10.4 Å². The zero-order valence-electron chi connectivity index (χ0n) is 8.50. The molecule has 0 spiro atoms. The van der Waals surface area contributed by atoms with Gasteiger partial charge in [-0.25, -0.2) is 0 Å². The van der Waals surface area contributed by atoms with E-state index in [2.05, 4.69) is 5.32 Å². The monoisotopic (exact) mass is 183 g/mol. The largest absolute Gasteiger partial charge is 0.392 e. The molecule has 0 aromatic carbocycles. The Balaban J connectivity index is 1.64. The Hall–Kier alpha value is -0.0800. The lowest BCUT2D eigenvalue weighted by Gasteiger charge is -2.16. The highest BCUT2D eigenvalue weighted by atomic mass is 16.3. The van der Waals surface area contributed by atoms with Crippen LogP contribution in [-0.4, -0.2) is 24.3 Å². The smallest absolute Gasteiger partial charge is 0.0636 e. The normalized spacial score (nSPS) is 25.2. The summed E-state index contributed by atoms with van der Waals surface area (Å²) in [7, 11) is 0. The maximum atomic E-state index is 9.11. The molecule has 2 heteroatoms. The summed E-state index contributed by atoms with van der Waals surface area (Å²) in [6.07, 6.45) is 5.63. The van der Waals surface area contributed by atoms with Crippen molar-refractivity contribution in [1.29, 1.82) is 0 Å². The quantitative estimate of drug-likeness (QED) is 0.652. The van der Waals surface area contributed by atoms with Crippen molar-refractivity contribution in [2.24, 2.45) is 17.8 Å². The van der Waals surface area contributed by atoms with Crippen molar-refractivity contribution in [2.75, 3.05) is 13.1 Å². The van der Waals surface area contributed by atoms with E-state index < -0.39 is 0 Å². The second-order valence-electron chi connectivity index (χ2n) is 4.85. The molecule has 76 valence electrons. The molecule has 0 aromatic heterocycles. The fourth-order valence-electron chi connectivity index (χ4n) is 2.23. The van der Waals surface area contributed by atoms with Gasteiger partial charge in [-0.15, -0.1) is 0 Å². The van der Waals surface area contributed by atoms with E-state index in [0.29, 0.717) is 0 Å². The van der Waals surface area contributed by atoms with Crippen molar-refractivity contribution in [3.63, 3.8) is 0 Å². The van der Waals surface area contributed by atoms with Crippen LogP contribution < -0.4 is 5.32 Å². The zero-order valence-corrected chi connectivity index (χ0v) is 8.50. The molecule has 0 saturated heterocycles. The van der Waals surface area contributed by atoms with Crippen LogP contribution in [0, 0.1) is 17.8 Å². The molecule has 0 aliphatic heterocycles. The number of aliphatic hydroxyl groups excluding tert-OH is 1. The zero-order chi connectivity index (χ0) is 9.26. The summed E-state index contributed by atoms with van der Waals surface area (Å²) >= 11 is 0. The Bertz CT molecular complexity index is 149. The SMILES string of the molecule is C[C@@H](O)CNCC(C1CC1)C1CC1. The molecule has 0 heterocycles. The summed E-state index contributed by atoms with van der Waals surface area (Å²) in [6.45, 7) is 3.74. The average molecular weight is 183 g/mol. The first kappa shape index (κ1) is 9.47. The van der Waals surface area contributed by atoms with E-state index in [4.69, 9.17) is 5.11 Å². The lowest BCUT2D eigenvalue weighted by molar-refractivity contribution is 0.187. The van der Waals surface area contributed by atoms with E-state index in [1.54, 1.807) is 0 Å². The summed E-state index contributed by atoms with van der Waals surface area (Å²) in [5.41, 5.74) is 0. The number of hydrogen-bond acceptors (Lipinski definition) is 2. The Kier molecular flexibility index (Phi) is 2.89. The van der Waals surface area contributed by atoms with Gasteiger partial charge in [0.25, 0.3) is 0 Å². The Labute approximate surface area is 80.7 Å². The third-order valence-electron chi connectivity index (χ3n) is 3.27. The van der Waals surface area contributed by atoms with E-state index in [1.165, 1.54) is 25.7 Å². The molecule has 13 heavy (non-hydrogen) atoms. The third kappa shape index (κ3) is 2.96. The van der Waals surface area contributed by atoms with Crippen molar-refractivity contribution >= 4 is 0 Å². The third-order valence-corrected chi connectivity index (χ3v) is 3.27. The molecular weight excluding hydrogens is 162 g/mol. The Morgan fingerprint density at radius 2 is 1.69 bits per heavy atom. The van der Waals surface area contributed by atoms with E-state index in [0.717, 1.165) is 30.8 Å². The topological polar surface area (TPSA) is 32.3 Å². The van der Waals surface area contributed by atoms with Crippen LogP contribution in [0.4, 0.5) is 0 Å². The fraction of sp³-hybridized carbons (Fsp3) is 1.00. The van der Waals surface area contributed by atoms with Gasteiger partial charge in [-0.1, -0.05) is 0 Å². The molecular formula is C11H21NO. The van der Waals surface area contributed by atoms with Gasteiger partial charge in [0.15, 0.2) is 0 Å². The van der Waals surface area contributed by atoms with Crippen molar-refractivity contribution in [2.45, 2.75) is 38.7 Å². The molecule has 0 unspecified atom stereocenters. The first-order valence-corrected chi connectivity index (χ1v) is 5.66. The minimum atomic E-state index is -0.195. The second kappa shape index (κ2) is 3.97. The molecule has 0 aromatic rings. The van der Waals surface area contributed by atoms with Crippen molar-refractivity contribution in [3.8, 4) is 0 Å². The van der Waals surface area contributed by atoms with Crippen LogP contribution in [0.25, 0.3) is 0 Å². The molecule has 2 fully saturated rings. The first-order chi connectivity index (χ1) is 6.27. The molecule has 2 aliphatic rings. The van der Waals surface area contributed by atoms with E-state index in [-0.39, 0.29) is 6.10 Å². The van der Waals surface area contributed by atoms with Crippen LogP contribution in [-0.2, 0) is 0 Å². The minimum absolute atomic E-state index is 0.195. The summed E-state index contributed by atoms with van der Waals surface area (Å²) in [4.78, 5) is 0. The van der Waals surface area contributed by atoms with Gasteiger partial charge in [0.1, 0.15) is 0 Å². The van der Waals surface area contributed by atoms with Crippen LogP contribution in [0.1, 0.15) is 32.6 Å². The average Bonchev–Trinajstić information content (AvgIpc) is 2.89. The highest BCUT2D eigenvalue weighted by Gasteiger charge is 2.40. The van der Waals surface area contributed by atoms with Gasteiger partial charge in [-0.2, -0.15) is 0 Å². The van der Waals surface area contributed by atoms with Crippen LogP contribution in [0.3, 0.4) is 0 Å². The summed E-state index contributed by atoms with van der Waals surface area (Å²) < 4.78 is 0. The lowest BCUT2D eigenvalue weighted by Crippen LogP contribution is -2.31. The summed E-state index contributed by atoms with van der Waals surface area (Å²) in [6, 6.07) is 0. The number of hydrogen-bond donors (Lipinski definition) is 2. The molecule has 0 bridgehead atoms. The van der Waals surface area contributed by atoms with E-state index in [9.17, 15) is 0 Å². The standard InChI is InChI=1S/C11H21NO/c1-8(13)6-12-7-11(9-2-3-9)10-4-5-10/h8-13H,2-7H2,1H3/t8-/m1/s1. The van der Waals surface area contributed by atoms with Crippen LogP contribution in [0.2, 0.25) is 0 Å². The predicted molar refractivity (Wildman–Crippen MR) is 53.5 cm³/mol. The number of nitrogens with one attached hydrogen (secondary N) is 1. The van der Waals surface area contributed by atoms with Gasteiger partial charge >= 0.3 is 0 Å². The van der Waals surface area contributed by atoms with E-state index >= 15 is 0 Å². The Morgan fingerprint density at radius 1 is 1.15 bits per heavy atom. The maximum Gasteiger partial charge on any atom is 0.0636 e. The predicted octanol–water partition coefficient (Wildman–Crippen LogP) is 1.39. The van der Waals surface area contributed by atoms with Crippen LogP contribution in [0.5, 0.6) is 0 Å². The van der Waals surface area contributed by atoms with Crippen LogP contribution >= 0.6 is 0 Å². The first-order valence-electron chi connectivity index (χ1n) is 5.66. The highest BCUT2D eigenvalue weighted by molar-refractivity contribution is 4.92. The van der Waals surface area contributed by atoms with Crippen molar-refractivity contribution < 1.29 is 5.11 Å². The molecule has 1 atom stereocenters. The van der Waals surface area contributed by atoms with Gasteiger partial charge in [-0.3, -0.25) is 0 Å². The molecule has 2 aliphatic carbocycles. The molecule has 0 radical (unpaired) electrons. The molecule has 2 rings (SSSR count). The maximum absolute atomic E-state index is 9.11. The van der Waals surface area contributed by atoms with Gasteiger partial charge in [-0.05, 0) is 56.9 Å². The van der Waals surface area contributed by atoms with Gasteiger partial charge in [0.2, 0.25) is 0 Å². The summed E-state index contributed by atoms with van der Waals surface area (Å²) in [5.74, 6) is 2.97. The molecule has 2 nitrogen and oxygen atoms in total. The number of aliphatic hydroxyl groups is 1. The highest BCUT2D eigenvalue weighted by Crippen LogP contribution is 2.48. The van der Waals surface area contributed by atoms with Crippen molar-refractivity contribution in [3.05, 3.63) is 0 Å². The van der Waals surface area contributed by atoms with E-state index in [1.807, 2.05) is 6.92 Å². The fourth-order valence-corrected chi connectivity index (χ4v) is 2.23. The molecule has 2 N–H and O–H groups in total. The lowest BCUT2D eigenvalue weighted by atomic mass is 9.98. The van der Waals surface area contributed by atoms with Crippen molar-refractivity contribution in [1.82, 2.24) is 5.32 Å². The van der Waals surface area contributed by atoms with Gasteiger partial charge in [0.05, 0.1) is 6.10 Å². The molecule has 0 amide bonds. The minimum Gasteiger partial charge on any atom is -0.392 e. The van der Waals surface area contributed by atoms with Gasteiger partial charge in [0, 0.05) is 6.54 Å². The number of rotatable bonds is 6. The Morgan fingerprint density at radius 3 is 2.08 bits per heavy atom. The van der Waals surface area contributed by atoms with Crippen LogP contribution in [0.15, 0.2) is 0 Å².